The molecular weight excluding hydrogens is 218 g/mol. The number of rotatable bonds is 2. The van der Waals surface area contributed by atoms with Crippen LogP contribution in [0.25, 0.3) is 11.6 Å². The second-order valence-corrected chi connectivity index (χ2v) is 4.66. The molecule has 0 spiro atoms. The van der Waals surface area contributed by atoms with Gasteiger partial charge in [0.25, 0.3) is 0 Å². The third kappa shape index (κ3) is 1.86. The topological polar surface area (TPSA) is 78.1 Å². The molecule has 0 aromatic carbocycles. The number of furan rings is 1. The molecule has 1 saturated carbocycles. The van der Waals surface area contributed by atoms with Crippen LogP contribution in [0.2, 0.25) is 0 Å². The van der Waals surface area contributed by atoms with Gasteiger partial charge < -0.3 is 14.7 Å². The van der Waals surface area contributed by atoms with E-state index < -0.39 is 0 Å². The number of hydrogen-bond acceptors (Lipinski definition) is 5. The summed E-state index contributed by atoms with van der Waals surface area (Å²) in [4.78, 5) is 4.40. The highest BCUT2D eigenvalue weighted by molar-refractivity contribution is 5.51. The molecule has 90 valence electrons. The number of nitrogens with zero attached hydrogens (tertiary/aromatic N) is 2. The van der Waals surface area contributed by atoms with Crippen molar-refractivity contribution in [2.24, 2.45) is 5.73 Å². The van der Waals surface area contributed by atoms with Crippen LogP contribution in [-0.2, 0) is 0 Å². The summed E-state index contributed by atoms with van der Waals surface area (Å²) in [5, 5.41) is 3.97. The smallest absolute Gasteiger partial charge is 0.238 e. The van der Waals surface area contributed by atoms with Gasteiger partial charge >= 0.3 is 0 Å². The fourth-order valence-electron chi connectivity index (χ4n) is 2.34. The van der Waals surface area contributed by atoms with Gasteiger partial charge in [-0.3, -0.25) is 0 Å². The van der Waals surface area contributed by atoms with Crippen LogP contribution in [0.1, 0.15) is 36.6 Å². The minimum absolute atomic E-state index is 0.265. The lowest BCUT2D eigenvalue weighted by atomic mass is 10.1. The van der Waals surface area contributed by atoms with Crippen molar-refractivity contribution in [2.75, 3.05) is 0 Å². The zero-order chi connectivity index (χ0) is 11.8. The molecular formula is C12H15N3O2. The largest absolute Gasteiger partial charge is 0.461 e. The van der Waals surface area contributed by atoms with Crippen molar-refractivity contribution in [3.63, 3.8) is 0 Å². The predicted octanol–water partition coefficient (Wildman–Crippen LogP) is 2.23. The third-order valence-corrected chi connectivity index (χ3v) is 3.33. The first-order valence-corrected chi connectivity index (χ1v) is 5.87. The van der Waals surface area contributed by atoms with Crippen molar-refractivity contribution in [3.8, 4) is 11.6 Å². The molecule has 2 heterocycles. The van der Waals surface area contributed by atoms with E-state index >= 15 is 0 Å². The Balaban J connectivity index is 1.86. The fourth-order valence-corrected chi connectivity index (χ4v) is 2.34. The van der Waals surface area contributed by atoms with Gasteiger partial charge in [-0.2, -0.15) is 4.98 Å². The van der Waals surface area contributed by atoms with Crippen molar-refractivity contribution in [1.82, 2.24) is 10.1 Å². The molecule has 1 aliphatic carbocycles. The average molecular weight is 233 g/mol. The van der Waals surface area contributed by atoms with Crippen LogP contribution < -0.4 is 5.73 Å². The first kappa shape index (κ1) is 10.5. The lowest BCUT2D eigenvalue weighted by Gasteiger charge is -2.01. The highest BCUT2D eigenvalue weighted by Gasteiger charge is 2.28. The van der Waals surface area contributed by atoms with E-state index in [2.05, 4.69) is 10.1 Å². The quantitative estimate of drug-likeness (QED) is 0.860. The van der Waals surface area contributed by atoms with Gasteiger partial charge in [0, 0.05) is 12.0 Å². The van der Waals surface area contributed by atoms with Gasteiger partial charge in [-0.15, -0.1) is 0 Å². The minimum atomic E-state index is 0.265. The Morgan fingerprint density at radius 2 is 2.29 bits per heavy atom. The number of aryl methyl sites for hydroxylation is 1. The lowest BCUT2D eigenvalue weighted by Crippen LogP contribution is -2.14. The first-order valence-electron chi connectivity index (χ1n) is 5.87. The SMILES string of the molecule is Cc1ccoc1-c1noc(C2CCC(N)C2)n1. The van der Waals surface area contributed by atoms with Crippen LogP contribution in [0.15, 0.2) is 21.3 Å². The molecule has 1 fully saturated rings. The van der Waals surface area contributed by atoms with E-state index in [1.165, 1.54) is 0 Å². The van der Waals surface area contributed by atoms with Crippen molar-refractivity contribution >= 4 is 0 Å². The summed E-state index contributed by atoms with van der Waals surface area (Å²) in [5.74, 6) is 2.20. The van der Waals surface area contributed by atoms with Crippen molar-refractivity contribution in [1.29, 1.82) is 0 Å². The highest BCUT2D eigenvalue weighted by atomic mass is 16.5. The summed E-state index contributed by atoms with van der Waals surface area (Å²) in [6, 6.07) is 2.15. The number of nitrogens with two attached hydrogens (primary N) is 1. The Kier molecular flexibility index (Phi) is 2.48. The van der Waals surface area contributed by atoms with E-state index in [1.807, 2.05) is 13.0 Å². The molecule has 5 heteroatoms. The Morgan fingerprint density at radius 1 is 1.41 bits per heavy atom. The number of aromatic nitrogens is 2. The van der Waals surface area contributed by atoms with Gasteiger partial charge in [0.15, 0.2) is 5.76 Å². The Labute approximate surface area is 99.0 Å². The van der Waals surface area contributed by atoms with Crippen LogP contribution in [0.3, 0.4) is 0 Å². The molecule has 3 rings (SSSR count). The normalized spacial score (nSPS) is 24.4. The van der Waals surface area contributed by atoms with Gasteiger partial charge in [-0.25, -0.2) is 0 Å². The lowest BCUT2D eigenvalue weighted by molar-refractivity contribution is 0.352. The Bertz CT molecular complexity index is 517. The molecule has 0 saturated heterocycles. The Morgan fingerprint density at radius 3 is 2.94 bits per heavy atom. The predicted molar refractivity (Wildman–Crippen MR) is 61.3 cm³/mol. The number of hydrogen-bond donors (Lipinski definition) is 1. The zero-order valence-corrected chi connectivity index (χ0v) is 9.72. The summed E-state index contributed by atoms with van der Waals surface area (Å²) in [7, 11) is 0. The van der Waals surface area contributed by atoms with Crippen molar-refractivity contribution in [2.45, 2.75) is 38.1 Å². The van der Waals surface area contributed by atoms with Gasteiger partial charge in [0.05, 0.1) is 6.26 Å². The fraction of sp³-hybridized carbons (Fsp3) is 0.500. The molecule has 5 nitrogen and oxygen atoms in total. The van der Waals surface area contributed by atoms with Crippen LogP contribution in [0.5, 0.6) is 0 Å². The second kappa shape index (κ2) is 4.00. The molecule has 2 unspecified atom stereocenters. The summed E-state index contributed by atoms with van der Waals surface area (Å²) in [5.41, 5.74) is 6.89. The molecule has 0 radical (unpaired) electrons. The van der Waals surface area contributed by atoms with Crippen LogP contribution in [-0.4, -0.2) is 16.2 Å². The molecule has 2 aromatic rings. The summed E-state index contributed by atoms with van der Waals surface area (Å²) < 4.78 is 10.6. The molecule has 2 aromatic heterocycles. The molecule has 0 bridgehead atoms. The zero-order valence-electron chi connectivity index (χ0n) is 9.72. The third-order valence-electron chi connectivity index (χ3n) is 3.33. The maximum atomic E-state index is 5.88. The van der Waals surface area contributed by atoms with E-state index in [0.717, 1.165) is 24.8 Å². The molecule has 2 atom stereocenters. The maximum absolute atomic E-state index is 5.88. The van der Waals surface area contributed by atoms with E-state index in [0.29, 0.717) is 23.4 Å². The second-order valence-electron chi connectivity index (χ2n) is 4.66. The van der Waals surface area contributed by atoms with E-state index in [-0.39, 0.29) is 6.04 Å². The maximum Gasteiger partial charge on any atom is 0.238 e. The van der Waals surface area contributed by atoms with Crippen LogP contribution in [0.4, 0.5) is 0 Å². The molecule has 0 aliphatic heterocycles. The summed E-state index contributed by atoms with van der Waals surface area (Å²) in [6.07, 6.45) is 4.62. The van der Waals surface area contributed by atoms with E-state index in [9.17, 15) is 0 Å². The summed E-state index contributed by atoms with van der Waals surface area (Å²) >= 11 is 0. The van der Waals surface area contributed by atoms with Gasteiger partial charge in [0.2, 0.25) is 11.7 Å². The minimum Gasteiger partial charge on any atom is -0.461 e. The van der Waals surface area contributed by atoms with Gasteiger partial charge in [-0.05, 0) is 37.8 Å². The van der Waals surface area contributed by atoms with Crippen LogP contribution >= 0.6 is 0 Å². The van der Waals surface area contributed by atoms with Crippen molar-refractivity contribution < 1.29 is 8.94 Å². The molecule has 1 aliphatic rings. The van der Waals surface area contributed by atoms with E-state index in [4.69, 9.17) is 14.7 Å². The highest BCUT2D eigenvalue weighted by Crippen LogP contribution is 2.33. The average Bonchev–Trinajstić information content (AvgIpc) is 2.97. The van der Waals surface area contributed by atoms with Crippen molar-refractivity contribution in [3.05, 3.63) is 23.8 Å². The standard InChI is InChI=1S/C12H15N3O2/c1-7-4-5-16-10(7)11-14-12(17-15-11)8-2-3-9(13)6-8/h4-5,8-9H,2-3,6,13H2,1H3. The molecule has 2 N–H and O–H groups in total. The summed E-state index contributed by atoms with van der Waals surface area (Å²) in [6.45, 7) is 1.96. The molecule has 17 heavy (non-hydrogen) atoms. The monoisotopic (exact) mass is 233 g/mol. The Hall–Kier alpha value is -1.62. The van der Waals surface area contributed by atoms with Crippen LogP contribution in [0, 0.1) is 6.92 Å². The first-order chi connectivity index (χ1) is 8.24. The van der Waals surface area contributed by atoms with Gasteiger partial charge in [-0.1, -0.05) is 5.16 Å². The van der Waals surface area contributed by atoms with Gasteiger partial charge in [0.1, 0.15) is 0 Å². The van der Waals surface area contributed by atoms with E-state index in [1.54, 1.807) is 6.26 Å². The molecule has 0 amide bonds.